The Morgan fingerprint density at radius 1 is 1.40 bits per heavy atom. The normalized spacial score (nSPS) is 10.4. The number of hydrogen-bond acceptors (Lipinski definition) is 5. The van der Waals surface area contributed by atoms with E-state index in [9.17, 15) is 0 Å². The van der Waals surface area contributed by atoms with Gasteiger partial charge in [-0.2, -0.15) is 5.10 Å². The van der Waals surface area contributed by atoms with Crippen molar-refractivity contribution in [3.63, 3.8) is 0 Å². The van der Waals surface area contributed by atoms with Crippen molar-refractivity contribution in [1.82, 2.24) is 9.97 Å². The van der Waals surface area contributed by atoms with Gasteiger partial charge in [0.05, 0.1) is 6.21 Å². The Bertz CT molecular complexity index is 244. The molecule has 0 spiro atoms. The molecule has 0 amide bonds. The van der Waals surface area contributed by atoms with Crippen molar-refractivity contribution in [1.29, 1.82) is 0 Å². The second-order valence-electron chi connectivity index (χ2n) is 1.60. The van der Waals surface area contributed by atoms with Crippen LogP contribution in [0.1, 0.15) is 5.69 Å². The highest BCUT2D eigenvalue weighted by Gasteiger charge is 1.93. The van der Waals surface area contributed by atoms with Crippen LogP contribution in [0.4, 0.5) is 5.82 Å². The average molecular weight is 137 g/mol. The van der Waals surface area contributed by atoms with Crippen molar-refractivity contribution in [3.8, 4) is 0 Å². The molecule has 0 saturated heterocycles. The number of nitrogen functional groups attached to an aromatic ring is 1. The fraction of sp³-hybridized carbons (Fsp3) is 0. The Labute approximate surface area is 57.8 Å². The van der Waals surface area contributed by atoms with Gasteiger partial charge in [-0.05, 0) is 0 Å². The molecular formula is C5H7N5. The van der Waals surface area contributed by atoms with Gasteiger partial charge in [0.15, 0.2) is 5.82 Å². The lowest BCUT2D eigenvalue weighted by Gasteiger charge is -1.93. The van der Waals surface area contributed by atoms with E-state index in [1.165, 1.54) is 18.6 Å². The Hall–Kier alpha value is -1.65. The maximum atomic E-state index is 5.39. The molecule has 52 valence electrons. The molecule has 0 unspecified atom stereocenters. The van der Waals surface area contributed by atoms with Gasteiger partial charge in [0.2, 0.25) is 0 Å². The molecular weight excluding hydrogens is 130 g/mol. The first-order valence-electron chi connectivity index (χ1n) is 2.64. The van der Waals surface area contributed by atoms with E-state index in [2.05, 4.69) is 15.1 Å². The van der Waals surface area contributed by atoms with Crippen LogP contribution in [0.15, 0.2) is 17.5 Å². The summed E-state index contributed by atoms with van der Waals surface area (Å²) < 4.78 is 0. The van der Waals surface area contributed by atoms with Crippen LogP contribution in [0.3, 0.4) is 0 Å². The molecule has 0 fully saturated rings. The molecule has 1 aromatic rings. The van der Waals surface area contributed by atoms with Gasteiger partial charge in [-0.15, -0.1) is 0 Å². The highest BCUT2D eigenvalue weighted by atomic mass is 15.1. The Morgan fingerprint density at radius 2 is 2.10 bits per heavy atom. The molecule has 5 heteroatoms. The summed E-state index contributed by atoms with van der Waals surface area (Å²) in [5, 5.41) is 3.26. The average Bonchev–Trinajstić information content (AvgIpc) is 1.94. The van der Waals surface area contributed by atoms with Crippen molar-refractivity contribution in [2.45, 2.75) is 0 Å². The van der Waals surface area contributed by atoms with Crippen LogP contribution in [0.5, 0.6) is 0 Å². The van der Waals surface area contributed by atoms with E-state index < -0.39 is 0 Å². The molecule has 0 aromatic carbocycles. The van der Waals surface area contributed by atoms with Crippen LogP contribution >= 0.6 is 0 Å². The predicted octanol–water partition coefficient (Wildman–Crippen LogP) is -0.649. The van der Waals surface area contributed by atoms with Crippen LogP contribution in [-0.2, 0) is 0 Å². The molecule has 0 aliphatic heterocycles. The minimum Gasteiger partial charge on any atom is -0.382 e. The molecule has 1 aromatic heterocycles. The molecule has 1 rings (SSSR count). The van der Waals surface area contributed by atoms with Crippen molar-refractivity contribution >= 4 is 12.0 Å². The Kier molecular flexibility index (Phi) is 1.79. The third-order valence-electron chi connectivity index (χ3n) is 0.953. The van der Waals surface area contributed by atoms with Crippen molar-refractivity contribution in [3.05, 3.63) is 18.1 Å². The van der Waals surface area contributed by atoms with Crippen LogP contribution in [-0.4, -0.2) is 16.2 Å². The lowest BCUT2D eigenvalue weighted by atomic mass is 10.4. The third-order valence-corrected chi connectivity index (χ3v) is 0.953. The van der Waals surface area contributed by atoms with E-state index in [0.717, 1.165) is 0 Å². The quantitative estimate of drug-likeness (QED) is 0.306. The van der Waals surface area contributed by atoms with E-state index in [-0.39, 0.29) is 0 Å². The second kappa shape index (κ2) is 2.77. The number of hydrazone groups is 1. The molecule has 5 nitrogen and oxygen atoms in total. The zero-order valence-electron chi connectivity index (χ0n) is 5.23. The van der Waals surface area contributed by atoms with Gasteiger partial charge in [0.1, 0.15) is 5.69 Å². The molecule has 4 N–H and O–H groups in total. The predicted molar refractivity (Wildman–Crippen MR) is 38.2 cm³/mol. The smallest absolute Gasteiger partial charge is 0.151 e. The summed E-state index contributed by atoms with van der Waals surface area (Å²) in [5.74, 6) is 5.21. The number of hydrogen-bond donors (Lipinski definition) is 2. The second-order valence-corrected chi connectivity index (χ2v) is 1.60. The summed E-state index contributed by atoms with van der Waals surface area (Å²) in [7, 11) is 0. The van der Waals surface area contributed by atoms with Crippen LogP contribution < -0.4 is 11.6 Å². The first kappa shape index (κ1) is 6.47. The summed E-state index contributed by atoms with van der Waals surface area (Å²) in [6, 6.07) is 0. The fourth-order valence-corrected chi connectivity index (χ4v) is 0.530. The van der Waals surface area contributed by atoms with Crippen LogP contribution in [0, 0.1) is 0 Å². The van der Waals surface area contributed by atoms with Gasteiger partial charge in [-0.1, -0.05) is 0 Å². The van der Waals surface area contributed by atoms with Crippen molar-refractivity contribution in [2.75, 3.05) is 5.73 Å². The van der Waals surface area contributed by atoms with E-state index in [1.807, 2.05) is 0 Å². The summed E-state index contributed by atoms with van der Waals surface area (Å²) in [5.41, 5.74) is 5.88. The standard InChI is InChI=1S/C5H7N5/c6-5-4(3-10-7)8-1-2-9-5/h1-3H,7H2,(H2,6,9)/b10-3-. The van der Waals surface area contributed by atoms with Crippen LogP contribution in [0.25, 0.3) is 0 Å². The Balaban J connectivity index is 3.03. The van der Waals surface area contributed by atoms with E-state index in [0.29, 0.717) is 11.5 Å². The highest BCUT2D eigenvalue weighted by Crippen LogP contribution is 1.97. The molecule has 1 heterocycles. The summed E-state index contributed by atoms with van der Waals surface area (Å²) in [6.45, 7) is 0. The topological polar surface area (TPSA) is 90.2 Å². The minimum absolute atomic E-state index is 0.330. The molecule has 10 heavy (non-hydrogen) atoms. The number of nitrogens with two attached hydrogens (primary N) is 2. The number of nitrogens with zero attached hydrogens (tertiary/aromatic N) is 3. The van der Waals surface area contributed by atoms with Crippen LogP contribution in [0.2, 0.25) is 0 Å². The van der Waals surface area contributed by atoms with E-state index in [4.69, 9.17) is 11.6 Å². The minimum atomic E-state index is 0.330. The van der Waals surface area contributed by atoms with Crippen molar-refractivity contribution < 1.29 is 0 Å². The van der Waals surface area contributed by atoms with Gasteiger partial charge in [-0.3, -0.25) is 0 Å². The molecule has 0 aliphatic carbocycles. The lowest BCUT2D eigenvalue weighted by Crippen LogP contribution is -1.99. The largest absolute Gasteiger partial charge is 0.382 e. The van der Waals surface area contributed by atoms with Gasteiger partial charge < -0.3 is 11.6 Å². The van der Waals surface area contributed by atoms with Crippen molar-refractivity contribution in [2.24, 2.45) is 10.9 Å². The lowest BCUT2D eigenvalue weighted by molar-refractivity contribution is 1.18. The maximum absolute atomic E-state index is 5.39. The first-order valence-corrected chi connectivity index (χ1v) is 2.64. The van der Waals surface area contributed by atoms with Gasteiger partial charge in [0.25, 0.3) is 0 Å². The molecule has 0 radical (unpaired) electrons. The fourth-order valence-electron chi connectivity index (χ4n) is 0.530. The summed E-state index contributed by atoms with van der Waals surface area (Å²) >= 11 is 0. The molecule has 0 aliphatic rings. The summed E-state index contributed by atoms with van der Waals surface area (Å²) in [6.07, 6.45) is 4.37. The Morgan fingerprint density at radius 3 is 2.70 bits per heavy atom. The zero-order chi connectivity index (χ0) is 7.40. The van der Waals surface area contributed by atoms with Gasteiger partial charge in [0, 0.05) is 12.4 Å². The molecule has 0 bridgehead atoms. The first-order chi connectivity index (χ1) is 4.84. The highest BCUT2D eigenvalue weighted by molar-refractivity contribution is 5.82. The maximum Gasteiger partial charge on any atom is 0.151 e. The number of aromatic nitrogens is 2. The molecule has 0 saturated carbocycles. The number of anilines is 1. The SMILES string of the molecule is N/N=C\c1nccnc1N. The monoisotopic (exact) mass is 137 g/mol. The summed E-state index contributed by atoms with van der Waals surface area (Å²) in [4.78, 5) is 7.62. The third kappa shape index (κ3) is 1.19. The van der Waals surface area contributed by atoms with Gasteiger partial charge in [-0.25, -0.2) is 9.97 Å². The van der Waals surface area contributed by atoms with E-state index >= 15 is 0 Å². The number of rotatable bonds is 1. The molecule has 0 atom stereocenters. The van der Waals surface area contributed by atoms with Gasteiger partial charge >= 0.3 is 0 Å². The zero-order valence-corrected chi connectivity index (χ0v) is 5.23. The van der Waals surface area contributed by atoms with E-state index in [1.54, 1.807) is 0 Å².